The fraction of sp³-hybridized carbons (Fsp3) is 0.500. The summed E-state index contributed by atoms with van der Waals surface area (Å²) in [5.74, 6) is 1.34. The lowest BCUT2D eigenvalue weighted by Crippen LogP contribution is -2.49. The van der Waals surface area contributed by atoms with Gasteiger partial charge in [0.1, 0.15) is 0 Å². The lowest BCUT2D eigenvalue weighted by molar-refractivity contribution is -0.109. The molecule has 2 aliphatic heterocycles. The van der Waals surface area contributed by atoms with Crippen molar-refractivity contribution in [3.63, 3.8) is 0 Å². The molecule has 36 heavy (non-hydrogen) atoms. The third-order valence-electron chi connectivity index (χ3n) is 7.41. The molecule has 0 radical (unpaired) electrons. The van der Waals surface area contributed by atoms with E-state index in [1.54, 1.807) is 14.2 Å². The first-order valence-electron chi connectivity index (χ1n) is 12.8. The number of methoxy groups -OCH3 is 2. The van der Waals surface area contributed by atoms with Crippen molar-refractivity contribution in [3.8, 4) is 11.5 Å². The summed E-state index contributed by atoms with van der Waals surface area (Å²) in [6, 6.07) is 12.3. The Balaban J connectivity index is 1.61. The maximum absolute atomic E-state index is 13.7. The highest BCUT2D eigenvalue weighted by Crippen LogP contribution is 2.40. The normalized spacial score (nSPS) is 16.8. The molecule has 1 N–H and O–H groups in total. The third kappa shape index (κ3) is 5.28. The van der Waals surface area contributed by atoms with Crippen molar-refractivity contribution < 1.29 is 19.1 Å². The Morgan fingerprint density at radius 2 is 1.78 bits per heavy atom. The second-order valence-electron chi connectivity index (χ2n) is 9.70. The Morgan fingerprint density at radius 1 is 1.03 bits per heavy atom. The van der Waals surface area contributed by atoms with Crippen molar-refractivity contribution in [1.82, 2.24) is 15.1 Å². The van der Waals surface area contributed by atoms with Crippen LogP contribution in [-0.4, -0.2) is 75.1 Å². The zero-order chi connectivity index (χ0) is 25.7. The number of anilines is 1. The van der Waals surface area contributed by atoms with E-state index in [4.69, 9.17) is 9.47 Å². The van der Waals surface area contributed by atoms with Gasteiger partial charge in [-0.25, -0.2) is 0 Å². The van der Waals surface area contributed by atoms with E-state index in [1.165, 1.54) is 5.69 Å². The molecule has 2 aromatic rings. The molecular formula is C28H38N4O4. The number of nitrogens with one attached hydrogen (secondary N) is 1. The van der Waals surface area contributed by atoms with E-state index in [1.807, 2.05) is 35.2 Å². The Bertz CT molecular complexity index is 1070. The van der Waals surface area contributed by atoms with Gasteiger partial charge >= 0.3 is 0 Å². The average molecular weight is 495 g/mol. The van der Waals surface area contributed by atoms with Crippen molar-refractivity contribution in [2.45, 2.75) is 45.3 Å². The number of ether oxygens (including phenoxy) is 2. The monoisotopic (exact) mass is 494 g/mol. The summed E-state index contributed by atoms with van der Waals surface area (Å²) in [4.78, 5) is 31.4. The van der Waals surface area contributed by atoms with E-state index in [0.29, 0.717) is 37.0 Å². The molecule has 1 fully saturated rings. The van der Waals surface area contributed by atoms with Crippen LogP contribution < -0.4 is 19.7 Å². The van der Waals surface area contributed by atoms with Gasteiger partial charge in [0.15, 0.2) is 11.5 Å². The molecule has 2 amide bonds. The predicted octanol–water partition coefficient (Wildman–Crippen LogP) is 3.46. The first-order valence-corrected chi connectivity index (χ1v) is 12.8. The topological polar surface area (TPSA) is 74.4 Å². The minimum atomic E-state index is -0.149. The van der Waals surface area contributed by atoms with Crippen LogP contribution in [0.1, 0.15) is 54.2 Å². The van der Waals surface area contributed by atoms with Gasteiger partial charge in [0.05, 0.1) is 20.3 Å². The minimum Gasteiger partial charge on any atom is -0.493 e. The number of amides is 2. The average Bonchev–Trinajstić information content (AvgIpc) is 3.24. The van der Waals surface area contributed by atoms with Crippen LogP contribution in [0.25, 0.3) is 0 Å². The minimum absolute atomic E-state index is 0.0517. The molecule has 0 bridgehead atoms. The molecule has 0 aromatic heterocycles. The van der Waals surface area contributed by atoms with Crippen LogP contribution in [0.5, 0.6) is 11.5 Å². The zero-order valence-corrected chi connectivity index (χ0v) is 21.8. The summed E-state index contributed by atoms with van der Waals surface area (Å²) in [5, 5.41) is 2.74. The molecule has 8 nitrogen and oxygen atoms in total. The number of piperazine rings is 1. The molecule has 4 rings (SSSR count). The Labute approximate surface area is 214 Å². The van der Waals surface area contributed by atoms with Crippen molar-refractivity contribution in [2.24, 2.45) is 0 Å². The lowest BCUT2D eigenvalue weighted by Gasteiger charge is -2.38. The summed E-state index contributed by atoms with van der Waals surface area (Å²) in [6.45, 7) is 9.58. The number of carbonyl (C=O) groups is 2. The van der Waals surface area contributed by atoms with Gasteiger partial charge in [-0.15, -0.1) is 0 Å². The van der Waals surface area contributed by atoms with Gasteiger partial charge in [-0.2, -0.15) is 0 Å². The molecule has 2 aliphatic rings. The van der Waals surface area contributed by atoms with Gasteiger partial charge in [-0.3, -0.25) is 14.5 Å². The fourth-order valence-corrected chi connectivity index (χ4v) is 5.38. The van der Waals surface area contributed by atoms with Crippen molar-refractivity contribution in [3.05, 3.63) is 53.1 Å². The quantitative estimate of drug-likeness (QED) is 0.381. The van der Waals surface area contributed by atoms with Crippen molar-refractivity contribution in [1.29, 1.82) is 0 Å². The van der Waals surface area contributed by atoms with Crippen molar-refractivity contribution in [2.75, 3.05) is 51.8 Å². The first-order chi connectivity index (χ1) is 17.5. The SMILES string of the molecule is COc1ccc([C@@H](CCCNC=O)N2Cc3c(cccc3N3CCN(C(C)C)CC3)C2=O)cc1OC. The van der Waals surface area contributed by atoms with Crippen LogP contribution >= 0.6 is 0 Å². The zero-order valence-electron chi connectivity index (χ0n) is 21.8. The van der Waals surface area contributed by atoms with Gasteiger partial charge in [0, 0.05) is 62.1 Å². The first kappa shape index (κ1) is 25.8. The molecule has 0 aliphatic carbocycles. The van der Waals surface area contributed by atoms with E-state index in [-0.39, 0.29) is 11.9 Å². The summed E-state index contributed by atoms with van der Waals surface area (Å²) < 4.78 is 11.0. The third-order valence-corrected chi connectivity index (χ3v) is 7.41. The molecule has 1 atom stereocenters. The van der Waals surface area contributed by atoms with E-state index in [0.717, 1.165) is 55.7 Å². The van der Waals surface area contributed by atoms with Gasteiger partial charge in [0.2, 0.25) is 6.41 Å². The predicted molar refractivity (Wildman–Crippen MR) is 141 cm³/mol. The van der Waals surface area contributed by atoms with Crippen LogP contribution in [0, 0.1) is 0 Å². The van der Waals surface area contributed by atoms with Crippen molar-refractivity contribution >= 4 is 18.0 Å². The second-order valence-corrected chi connectivity index (χ2v) is 9.70. The standard InChI is InChI=1S/C28H38N4O4/c1-20(2)30-13-15-31(16-14-30)25-8-5-7-22-23(25)18-32(28(22)34)24(9-6-12-29-19-33)21-10-11-26(35-3)27(17-21)36-4/h5,7-8,10-11,17,19-20,24H,6,9,12-16,18H2,1-4H3,(H,29,33)/t24-/m1/s1. The van der Waals surface area contributed by atoms with E-state index in [9.17, 15) is 9.59 Å². The van der Waals surface area contributed by atoms with Crippen LogP contribution in [0.2, 0.25) is 0 Å². The lowest BCUT2D eigenvalue weighted by atomic mass is 9.99. The molecule has 0 saturated carbocycles. The number of hydrogen-bond acceptors (Lipinski definition) is 6. The molecular weight excluding hydrogens is 456 g/mol. The molecule has 0 spiro atoms. The second kappa shape index (κ2) is 11.6. The molecule has 8 heteroatoms. The number of fused-ring (bicyclic) bond motifs is 1. The van der Waals surface area contributed by atoms with Crippen LogP contribution in [0.3, 0.4) is 0 Å². The largest absolute Gasteiger partial charge is 0.493 e. The number of benzene rings is 2. The Hall–Kier alpha value is -3.26. The summed E-state index contributed by atoms with van der Waals surface area (Å²) in [5.41, 5.74) is 4.06. The van der Waals surface area contributed by atoms with Gasteiger partial charge in [-0.1, -0.05) is 12.1 Å². The number of carbonyl (C=O) groups excluding carboxylic acids is 2. The van der Waals surface area contributed by atoms with Crippen LogP contribution in [0.4, 0.5) is 5.69 Å². The molecule has 0 unspecified atom stereocenters. The maximum Gasteiger partial charge on any atom is 0.255 e. The number of nitrogens with zero attached hydrogens (tertiary/aromatic N) is 3. The van der Waals surface area contributed by atoms with Crippen LogP contribution in [0.15, 0.2) is 36.4 Å². The van der Waals surface area contributed by atoms with E-state index < -0.39 is 0 Å². The number of hydrogen-bond donors (Lipinski definition) is 1. The Kier molecular flexibility index (Phi) is 8.36. The maximum atomic E-state index is 13.7. The van der Waals surface area contributed by atoms with Crippen LogP contribution in [-0.2, 0) is 11.3 Å². The fourth-order valence-electron chi connectivity index (χ4n) is 5.38. The summed E-state index contributed by atoms with van der Waals surface area (Å²) in [7, 11) is 3.23. The molecule has 2 heterocycles. The molecule has 194 valence electrons. The highest BCUT2D eigenvalue weighted by Gasteiger charge is 2.36. The van der Waals surface area contributed by atoms with Gasteiger partial charge in [-0.05, 0) is 56.5 Å². The van der Waals surface area contributed by atoms with Gasteiger partial charge in [0.25, 0.3) is 5.91 Å². The van der Waals surface area contributed by atoms with E-state index >= 15 is 0 Å². The number of rotatable bonds is 11. The van der Waals surface area contributed by atoms with Gasteiger partial charge < -0.3 is 24.6 Å². The molecule has 1 saturated heterocycles. The molecule has 2 aromatic carbocycles. The highest BCUT2D eigenvalue weighted by atomic mass is 16.5. The highest BCUT2D eigenvalue weighted by molar-refractivity contribution is 6.00. The van der Waals surface area contributed by atoms with E-state index in [2.05, 4.69) is 35.0 Å². The Morgan fingerprint density at radius 3 is 2.44 bits per heavy atom. The summed E-state index contributed by atoms with van der Waals surface area (Å²) in [6.07, 6.45) is 2.19. The summed E-state index contributed by atoms with van der Waals surface area (Å²) >= 11 is 0. The smallest absolute Gasteiger partial charge is 0.255 e.